The first-order valence-electron chi connectivity index (χ1n) is 3.36. The second kappa shape index (κ2) is 4.98. The summed E-state index contributed by atoms with van der Waals surface area (Å²) in [6, 6.07) is 0. The summed E-state index contributed by atoms with van der Waals surface area (Å²) in [5, 5.41) is 0. The second-order valence-electron chi connectivity index (χ2n) is 2.12. The summed E-state index contributed by atoms with van der Waals surface area (Å²) in [5.41, 5.74) is 1.16. The van der Waals surface area contributed by atoms with E-state index in [0.717, 1.165) is 12.0 Å². The maximum Gasteiger partial charge on any atom is 0.122 e. The zero-order valence-corrected chi connectivity index (χ0v) is 6.52. The Labute approximate surface area is 61.8 Å². The van der Waals surface area contributed by atoms with Gasteiger partial charge in [-0.2, -0.15) is 0 Å². The van der Waals surface area contributed by atoms with Gasteiger partial charge in [-0.05, 0) is 25.5 Å². The highest BCUT2D eigenvalue weighted by molar-refractivity contribution is 5.18. The van der Waals surface area contributed by atoms with Crippen molar-refractivity contribution in [3.63, 3.8) is 0 Å². The highest BCUT2D eigenvalue weighted by Crippen LogP contribution is 2.02. The molecule has 0 fully saturated rings. The number of rotatable bonds is 3. The summed E-state index contributed by atoms with van der Waals surface area (Å²) in [6.45, 7) is 7.29. The molecular formula is C9H13F. The molecule has 0 unspecified atom stereocenters. The van der Waals surface area contributed by atoms with Gasteiger partial charge in [0.05, 0.1) is 0 Å². The van der Waals surface area contributed by atoms with Gasteiger partial charge in [0.15, 0.2) is 0 Å². The number of hydrogen-bond acceptors (Lipinski definition) is 0. The third-order valence-corrected chi connectivity index (χ3v) is 1.28. The predicted octanol–water partition coefficient (Wildman–Crippen LogP) is 3.38. The van der Waals surface area contributed by atoms with E-state index >= 15 is 0 Å². The lowest BCUT2D eigenvalue weighted by atomic mass is 10.2. The molecule has 0 aromatic rings. The molecule has 56 valence electrons. The Bertz CT molecular complexity index is 164. The van der Waals surface area contributed by atoms with E-state index in [1.165, 1.54) is 12.2 Å². The van der Waals surface area contributed by atoms with E-state index in [2.05, 4.69) is 6.58 Å². The van der Waals surface area contributed by atoms with Crippen LogP contribution in [0.3, 0.4) is 0 Å². The quantitative estimate of drug-likeness (QED) is 0.527. The fraction of sp³-hybridized carbons (Fsp3) is 0.333. The van der Waals surface area contributed by atoms with E-state index in [1.54, 1.807) is 6.08 Å². The van der Waals surface area contributed by atoms with E-state index in [-0.39, 0.29) is 5.83 Å². The summed E-state index contributed by atoms with van der Waals surface area (Å²) < 4.78 is 12.3. The van der Waals surface area contributed by atoms with Crippen molar-refractivity contribution in [3.05, 3.63) is 36.2 Å². The largest absolute Gasteiger partial charge is 0.207 e. The van der Waals surface area contributed by atoms with E-state index < -0.39 is 0 Å². The number of allylic oxidation sites excluding steroid dienone is 5. The van der Waals surface area contributed by atoms with Crippen molar-refractivity contribution in [2.24, 2.45) is 0 Å². The first-order chi connectivity index (χ1) is 4.70. The highest BCUT2D eigenvalue weighted by atomic mass is 19.1. The van der Waals surface area contributed by atoms with Crippen LogP contribution in [-0.4, -0.2) is 0 Å². The highest BCUT2D eigenvalue weighted by Gasteiger charge is 1.82. The van der Waals surface area contributed by atoms with Crippen molar-refractivity contribution in [1.29, 1.82) is 0 Å². The predicted molar refractivity (Wildman–Crippen MR) is 43.4 cm³/mol. The van der Waals surface area contributed by atoms with E-state index in [4.69, 9.17) is 0 Å². The Morgan fingerprint density at radius 1 is 1.50 bits per heavy atom. The fourth-order valence-electron chi connectivity index (χ4n) is 0.408. The van der Waals surface area contributed by atoms with Crippen LogP contribution in [0.15, 0.2) is 36.2 Å². The SMILES string of the molecule is C=C/C(F)=C\C=C(/C)CC. The van der Waals surface area contributed by atoms with E-state index in [9.17, 15) is 4.39 Å². The third kappa shape index (κ3) is 4.07. The van der Waals surface area contributed by atoms with Gasteiger partial charge in [0, 0.05) is 0 Å². The lowest BCUT2D eigenvalue weighted by molar-refractivity contribution is 0.667. The molecule has 0 amide bonds. The average molecular weight is 140 g/mol. The van der Waals surface area contributed by atoms with Crippen LogP contribution in [0.1, 0.15) is 20.3 Å². The standard InChI is InChI=1S/C9H13F/c1-4-8(3)6-7-9(10)5-2/h5-7H,2,4H2,1,3H3/b8-6+,9-7+. The smallest absolute Gasteiger partial charge is 0.122 e. The topological polar surface area (TPSA) is 0 Å². The minimum atomic E-state index is -0.284. The van der Waals surface area contributed by atoms with Gasteiger partial charge in [-0.25, -0.2) is 4.39 Å². The maximum atomic E-state index is 12.3. The Morgan fingerprint density at radius 3 is 2.50 bits per heavy atom. The van der Waals surface area contributed by atoms with Gasteiger partial charge in [0.25, 0.3) is 0 Å². The van der Waals surface area contributed by atoms with Crippen LogP contribution in [0, 0.1) is 0 Å². The number of hydrogen-bond donors (Lipinski definition) is 0. The molecule has 0 aromatic carbocycles. The van der Waals surface area contributed by atoms with Gasteiger partial charge in [0.1, 0.15) is 5.83 Å². The molecule has 10 heavy (non-hydrogen) atoms. The van der Waals surface area contributed by atoms with Crippen molar-refractivity contribution in [1.82, 2.24) is 0 Å². The van der Waals surface area contributed by atoms with Crippen molar-refractivity contribution < 1.29 is 4.39 Å². The van der Waals surface area contributed by atoms with Gasteiger partial charge in [-0.1, -0.05) is 25.2 Å². The molecule has 0 rings (SSSR count). The van der Waals surface area contributed by atoms with Crippen molar-refractivity contribution in [2.75, 3.05) is 0 Å². The molecule has 0 aliphatic rings. The molecule has 0 atom stereocenters. The fourth-order valence-corrected chi connectivity index (χ4v) is 0.408. The third-order valence-electron chi connectivity index (χ3n) is 1.28. The Balaban J connectivity index is 4.03. The van der Waals surface area contributed by atoms with Crippen LogP contribution in [0.2, 0.25) is 0 Å². The van der Waals surface area contributed by atoms with E-state index in [0.29, 0.717) is 0 Å². The molecule has 0 N–H and O–H groups in total. The molecule has 0 saturated carbocycles. The lowest BCUT2D eigenvalue weighted by Crippen LogP contribution is -1.68. The molecule has 0 aliphatic heterocycles. The minimum Gasteiger partial charge on any atom is -0.207 e. The van der Waals surface area contributed by atoms with Crippen molar-refractivity contribution in [2.45, 2.75) is 20.3 Å². The summed E-state index contributed by atoms with van der Waals surface area (Å²) in [6.07, 6.45) is 5.34. The lowest BCUT2D eigenvalue weighted by Gasteiger charge is -1.88. The minimum absolute atomic E-state index is 0.284. The molecule has 1 heteroatoms. The van der Waals surface area contributed by atoms with Gasteiger partial charge in [-0.15, -0.1) is 0 Å². The van der Waals surface area contributed by atoms with Crippen LogP contribution in [-0.2, 0) is 0 Å². The van der Waals surface area contributed by atoms with Crippen LogP contribution in [0.4, 0.5) is 4.39 Å². The second-order valence-corrected chi connectivity index (χ2v) is 2.12. The van der Waals surface area contributed by atoms with E-state index in [1.807, 2.05) is 13.8 Å². The molecule has 0 spiro atoms. The normalized spacial score (nSPS) is 13.5. The van der Waals surface area contributed by atoms with Gasteiger partial charge in [-0.3, -0.25) is 0 Å². The molecule has 0 radical (unpaired) electrons. The monoisotopic (exact) mass is 140 g/mol. The Hall–Kier alpha value is -0.850. The zero-order chi connectivity index (χ0) is 7.98. The first kappa shape index (κ1) is 9.15. The average Bonchev–Trinajstić information content (AvgIpc) is 1.99. The zero-order valence-electron chi connectivity index (χ0n) is 6.52. The molecule has 0 saturated heterocycles. The van der Waals surface area contributed by atoms with Crippen molar-refractivity contribution in [3.8, 4) is 0 Å². The summed E-state index contributed by atoms with van der Waals surface area (Å²) in [7, 11) is 0. The van der Waals surface area contributed by atoms with Gasteiger partial charge in [0.2, 0.25) is 0 Å². The molecule has 0 heterocycles. The van der Waals surface area contributed by atoms with Crippen LogP contribution in [0.5, 0.6) is 0 Å². The number of halogens is 1. The van der Waals surface area contributed by atoms with Gasteiger partial charge < -0.3 is 0 Å². The van der Waals surface area contributed by atoms with Crippen LogP contribution >= 0.6 is 0 Å². The van der Waals surface area contributed by atoms with Gasteiger partial charge >= 0.3 is 0 Å². The summed E-state index contributed by atoms with van der Waals surface area (Å²) in [5.74, 6) is -0.284. The summed E-state index contributed by atoms with van der Waals surface area (Å²) >= 11 is 0. The summed E-state index contributed by atoms with van der Waals surface area (Å²) in [4.78, 5) is 0. The molecule has 0 nitrogen and oxygen atoms in total. The van der Waals surface area contributed by atoms with Crippen LogP contribution in [0.25, 0.3) is 0 Å². The molecular weight excluding hydrogens is 127 g/mol. The molecule has 0 aliphatic carbocycles. The molecule has 0 bridgehead atoms. The Morgan fingerprint density at radius 2 is 2.10 bits per heavy atom. The molecule has 0 aromatic heterocycles. The maximum absolute atomic E-state index is 12.3. The van der Waals surface area contributed by atoms with Crippen LogP contribution < -0.4 is 0 Å². The Kier molecular flexibility index (Phi) is 4.55. The van der Waals surface area contributed by atoms with Crippen molar-refractivity contribution >= 4 is 0 Å². The first-order valence-corrected chi connectivity index (χ1v) is 3.36.